The fourth-order valence-corrected chi connectivity index (χ4v) is 3.06. The van der Waals surface area contributed by atoms with Crippen LogP contribution in [0.25, 0.3) is 0 Å². The van der Waals surface area contributed by atoms with Gasteiger partial charge in [0.25, 0.3) is 0 Å². The lowest BCUT2D eigenvalue weighted by molar-refractivity contribution is -0.143. The Balaban J connectivity index is 2.77. The number of hydrogen-bond acceptors (Lipinski definition) is 5. The average Bonchev–Trinajstić information content (AvgIpc) is 2.10. The molecule has 1 heterocycles. The van der Waals surface area contributed by atoms with Crippen molar-refractivity contribution in [1.82, 2.24) is 4.90 Å². The van der Waals surface area contributed by atoms with Crippen molar-refractivity contribution in [3.8, 4) is 0 Å². The van der Waals surface area contributed by atoms with Crippen molar-refractivity contribution in [3.05, 3.63) is 0 Å². The van der Waals surface area contributed by atoms with Crippen LogP contribution in [0.4, 0.5) is 0 Å². The molecule has 0 aliphatic carbocycles. The number of ether oxygens (including phenoxy) is 1. The van der Waals surface area contributed by atoms with Gasteiger partial charge >= 0.3 is 5.97 Å². The van der Waals surface area contributed by atoms with Crippen molar-refractivity contribution in [2.24, 2.45) is 0 Å². The molecule has 1 aliphatic heterocycles. The lowest BCUT2D eigenvalue weighted by Gasteiger charge is -2.27. The van der Waals surface area contributed by atoms with Crippen molar-refractivity contribution < 1.29 is 17.9 Å². The second-order valence-corrected chi connectivity index (χ2v) is 5.67. The van der Waals surface area contributed by atoms with E-state index in [4.69, 9.17) is 4.74 Å². The van der Waals surface area contributed by atoms with E-state index in [1.165, 1.54) is 0 Å². The lowest BCUT2D eigenvalue weighted by atomic mass is 10.4. The van der Waals surface area contributed by atoms with Crippen LogP contribution in [-0.4, -0.2) is 57.0 Å². The molecule has 5 nitrogen and oxygen atoms in total. The average molecular weight is 221 g/mol. The number of nitrogens with zero attached hydrogens (tertiary/aromatic N) is 1. The minimum Gasteiger partial charge on any atom is -0.465 e. The van der Waals surface area contributed by atoms with E-state index in [0.29, 0.717) is 6.54 Å². The summed E-state index contributed by atoms with van der Waals surface area (Å²) in [5.41, 5.74) is 0. The van der Waals surface area contributed by atoms with Gasteiger partial charge in [-0.15, -0.1) is 0 Å². The fourth-order valence-electron chi connectivity index (χ4n) is 1.37. The Labute approximate surface area is 83.9 Å². The highest BCUT2D eigenvalue weighted by atomic mass is 32.2. The second-order valence-electron chi connectivity index (χ2n) is 3.37. The van der Waals surface area contributed by atoms with Crippen LogP contribution in [0.1, 0.15) is 6.92 Å². The monoisotopic (exact) mass is 221 g/mol. The van der Waals surface area contributed by atoms with Gasteiger partial charge in [0.05, 0.1) is 12.4 Å². The van der Waals surface area contributed by atoms with Crippen LogP contribution in [0.3, 0.4) is 0 Å². The second kappa shape index (κ2) is 4.27. The van der Waals surface area contributed by atoms with Gasteiger partial charge < -0.3 is 9.64 Å². The number of carbonyl (C=O) groups excluding carboxylic acids is 1. The molecule has 0 aromatic heterocycles. The highest BCUT2D eigenvalue weighted by molar-refractivity contribution is 7.92. The van der Waals surface area contributed by atoms with Crippen LogP contribution >= 0.6 is 0 Å². The first-order chi connectivity index (χ1) is 6.47. The molecule has 6 heteroatoms. The molecule has 0 amide bonds. The van der Waals surface area contributed by atoms with E-state index in [-0.39, 0.29) is 18.9 Å². The lowest BCUT2D eigenvalue weighted by Crippen LogP contribution is -2.49. The highest BCUT2D eigenvalue weighted by Crippen LogP contribution is 2.12. The van der Waals surface area contributed by atoms with E-state index in [1.54, 1.807) is 14.0 Å². The quantitative estimate of drug-likeness (QED) is 0.576. The van der Waals surface area contributed by atoms with Gasteiger partial charge in [-0.05, 0) is 14.0 Å². The SMILES string of the molecule is CCOC(=O)C1CN(C)CCS1(=O)=O. The molecule has 0 N–H and O–H groups in total. The molecule has 0 aromatic rings. The predicted octanol–water partition coefficient (Wildman–Crippen LogP) is -0.722. The number of carbonyl (C=O) groups is 1. The molecule has 0 radical (unpaired) electrons. The van der Waals surface area contributed by atoms with E-state index in [9.17, 15) is 13.2 Å². The summed E-state index contributed by atoms with van der Waals surface area (Å²) < 4.78 is 27.8. The summed E-state index contributed by atoms with van der Waals surface area (Å²) in [6.45, 7) is 2.60. The van der Waals surface area contributed by atoms with Gasteiger partial charge in [0, 0.05) is 13.1 Å². The van der Waals surface area contributed by atoms with Crippen molar-refractivity contribution >= 4 is 15.8 Å². The van der Waals surface area contributed by atoms with Gasteiger partial charge in [0.15, 0.2) is 15.1 Å². The number of sulfone groups is 1. The fraction of sp³-hybridized carbons (Fsp3) is 0.875. The van der Waals surface area contributed by atoms with Crippen molar-refractivity contribution in [2.45, 2.75) is 12.2 Å². The molecule has 0 saturated carbocycles. The molecule has 1 unspecified atom stereocenters. The van der Waals surface area contributed by atoms with Crippen LogP contribution in [0.5, 0.6) is 0 Å². The van der Waals surface area contributed by atoms with Crippen LogP contribution < -0.4 is 0 Å². The molecule has 1 fully saturated rings. The van der Waals surface area contributed by atoms with Crippen molar-refractivity contribution in [2.75, 3.05) is 32.5 Å². The standard InChI is InChI=1S/C8H15NO4S/c1-3-13-8(10)7-6-9(2)4-5-14(7,11)12/h7H,3-6H2,1-2H3. The Bertz CT molecular complexity index is 311. The predicted molar refractivity (Wildman–Crippen MR) is 51.7 cm³/mol. The first kappa shape index (κ1) is 11.5. The molecule has 1 aliphatic rings. The third-order valence-corrected chi connectivity index (χ3v) is 4.18. The summed E-state index contributed by atoms with van der Waals surface area (Å²) >= 11 is 0. The summed E-state index contributed by atoms with van der Waals surface area (Å²) in [5, 5.41) is -0.999. The van der Waals surface area contributed by atoms with Gasteiger partial charge in [0.1, 0.15) is 0 Å². The zero-order valence-electron chi connectivity index (χ0n) is 8.39. The molecule has 82 valence electrons. The molecule has 1 rings (SSSR count). The third-order valence-electron chi connectivity index (χ3n) is 2.22. The number of rotatable bonds is 2. The topological polar surface area (TPSA) is 63.7 Å². The van der Waals surface area contributed by atoms with Crippen LogP contribution in [-0.2, 0) is 19.4 Å². The van der Waals surface area contributed by atoms with Crippen LogP contribution in [0.15, 0.2) is 0 Å². The minimum absolute atomic E-state index is 0.0347. The van der Waals surface area contributed by atoms with Crippen molar-refractivity contribution in [3.63, 3.8) is 0 Å². The number of hydrogen-bond donors (Lipinski definition) is 0. The molecule has 0 aromatic carbocycles. The molecular formula is C8H15NO4S. The molecule has 1 saturated heterocycles. The molecule has 1 atom stereocenters. The van der Waals surface area contributed by atoms with Gasteiger partial charge in [-0.3, -0.25) is 4.79 Å². The van der Waals surface area contributed by atoms with Gasteiger partial charge in [-0.2, -0.15) is 0 Å². The first-order valence-electron chi connectivity index (χ1n) is 4.54. The zero-order valence-corrected chi connectivity index (χ0v) is 9.21. The Morgan fingerprint density at radius 3 is 2.79 bits per heavy atom. The van der Waals surface area contributed by atoms with E-state index in [2.05, 4.69) is 0 Å². The normalized spacial score (nSPS) is 27.1. The molecule has 0 spiro atoms. The maximum Gasteiger partial charge on any atom is 0.325 e. The smallest absolute Gasteiger partial charge is 0.325 e. The highest BCUT2D eigenvalue weighted by Gasteiger charge is 2.38. The Morgan fingerprint density at radius 2 is 2.21 bits per heavy atom. The van der Waals surface area contributed by atoms with Gasteiger partial charge in [-0.25, -0.2) is 8.42 Å². The molecular weight excluding hydrogens is 206 g/mol. The van der Waals surface area contributed by atoms with E-state index in [0.717, 1.165) is 0 Å². The maximum atomic E-state index is 11.5. The Morgan fingerprint density at radius 1 is 1.57 bits per heavy atom. The minimum atomic E-state index is -3.29. The van der Waals surface area contributed by atoms with E-state index < -0.39 is 21.1 Å². The zero-order chi connectivity index (χ0) is 10.8. The van der Waals surface area contributed by atoms with Crippen LogP contribution in [0, 0.1) is 0 Å². The summed E-state index contributed by atoms with van der Waals surface area (Å²) in [6, 6.07) is 0. The Hall–Kier alpha value is -0.620. The third kappa shape index (κ3) is 2.45. The first-order valence-corrected chi connectivity index (χ1v) is 6.25. The maximum absolute atomic E-state index is 11.5. The summed E-state index contributed by atoms with van der Waals surface area (Å²) in [5.74, 6) is -0.591. The largest absolute Gasteiger partial charge is 0.465 e. The van der Waals surface area contributed by atoms with Crippen molar-refractivity contribution in [1.29, 1.82) is 0 Å². The number of esters is 1. The molecule has 14 heavy (non-hydrogen) atoms. The van der Waals surface area contributed by atoms with Crippen LogP contribution in [0.2, 0.25) is 0 Å². The summed E-state index contributed by atoms with van der Waals surface area (Å²) in [7, 11) is -1.50. The van der Waals surface area contributed by atoms with Gasteiger partial charge in [0.2, 0.25) is 0 Å². The summed E-state index contributed by atoms with van der Waals surface area (Å²) in [6.07, 6.45) is 0. The van der Waals surface area contributed by atoms with Gasteiger partial charge in [-0.1, -0.05) is 0 Å². The molecule has 0 bridgehead atoms. The Kier molecular flexibility index (Phi) is 3.49. The van der Waals surface area contributed by atoms with E-state index in [1.807, 2.05) is 4.90 Å². The summed E-state index contributed by atoms with van der Waals surface area (Å²) in [4.78, 5) is 13.2. The van der Waals surface area contributed by atoms with E-state index >= 15 is 0 Å².